The third-order valence-corrected chi connectivity index (χ3v) is 2.67. The minimum atomic E-state index is -0.508. The number of rotatable bonds is 8. The molecule has 0 aliphatic rings. The number of nitro groups is 1. The van der Waals surface area contributed by atoms with Crippen LogP contribution in [0.3, 0.4) is 0 Å². The predicted octanol–water partition coefficient (Wildman–Crippen LogP) is 1.61. The fourth-order valence-electron chi connectivity index (χ4n) is 1.65. The fraction of sp³-hybridized carbons (Fsp3) is 0.500. The van der Waals surface area contributed by atoms with Crippen LogP contribution in [0.4, 0.5) is 5.69 Å². The Balaban J connectivity index is 2.79. The molecule has 0 spiro atoms. The van der Waals surface area contributed by atoms with Crippen LogP contribution in [0.1, 0.15) is 26.3 Å². The Kier molecular flexibility index (Phi) is 6.61. The van der Waals surface area contributed by atoms with Gasteiger partial charge in [0.15, 0.2) is 12.4 Å². The molecule has 0 aliphatic heterocycles. The minimum absolute atomic E-state index is 0.0968. The minimum Gasteiger partial charge on any atom is -0.477 e. The normalized spacial score (nSPS) is 10.5. The number of hydrogen-bond acceptors (Lipinski definition) is 5. The molecule has 0 unspecified atom stereocenters. The molecule has 7 heteroatoms. The molecule has 0 saturated carbocycles. The van der Waals surface area contributed by atoms with Crippen molar-refractivity contribution < 1.29 is 14.5 Å². The second-order valence-electron chi connectivity index (χ2n) is 4.84. The van der Waals surface area contributed by atoms with Crippen LogP contribution in [-0.2, 0) is 11.3 Å². The van der Waals surface area contributed by atoms with Gasteiger partial charge in [0.05, 0.1) is 4.92 Å². The molecule has 0 aromatic heterocycles. The number of benzene rings is 1. The van der Waals surface area contributed by atoms with Gasteiger partial charge in [-0.3, -0.25) is 14.9 Å². The zero-order valence-electron chi connectivity index (χ0n) is 12.5. The highest BCUT2D eigenvalue weighted by molar-refractivity contribution is 5.77. The number of nitro benzene ring substituents is 1. The molecule has 0 radical (unpaired) electrons. The summed E-state index contributed by atoms with van der Waals surface area (Å²) in [4.78, 5) is 21.9. The lowest BCUT2D eigenvalue weighted by atomic mass is 10.2. The lowest BCUT2D eigenvalue weighted by molar-refractivity contribution is -0.385. The van der Waals surface area contributed by atoms with E-state index in [0.717, 1.165) is 5.56 Å². The van der Waals surface area contributed by atoms with E-state index >= 15 is 0 Å². The molecule has 1 aromatic carbocycles. The van der Waals surface area contributed by atoms with Crippen molar-refractivity contribution in [2.24, 2.45) is 0 Å². The molecule has 21 heavy (non-hydrogen) atoms. The monoisotopic (exact) mass is 295 g/mol. The van der Waals surface area contributed by atoms with Crippen LogP contribution >= 0.6 is 0 Å². The number of amides is 1. The van der Waals surface area contributed by atoms with Gasteiger partial charge < -0.3 is 15.4 Å². The summed E-state index contributed by atoms with van der Waals surface area (Å²) < 4.78 is 5.22. The van der Waals surface area contributed by atoms with Crippen LogP contribution in [0.5, 0.6) is 5.75 Å². The maximum Gasteiger partial charge on any atom is 0.311 e. The van der Waals surface area contributed by atoms with Crippen molar-refractivity contribution in [3.8, 4) is 5.75 Å². The Morgan fingerprint density at radius 3 is 2.71 bits per heavy atom. The molecular weight excluding hydrogens is 274 g/mol. The molecule has 1 rings (SSSR count). The van der Waals surface area contributed by atoms with E-state index in [2.05, 4.69) is 10.6 Å². The number of likely N-dealkylation sites (N-methyl/N-ethyl adjacent to an activating group) is 1. The van der Waals surface area contributed by atoms with Crippen LogP contribution in [-0.4, -0.2) is 30.0 Å². The van der Waals surface area contributed by atoms with Gasteiger partial charge in [0.2, 0.25) is 0 Å². The molecule has 116 valence electrons. The Bertz CT molecular complexity index is 503. The molecule has 0 bridgehead atoms. The average molecular weight is 295 g/mol. The third kappa shape index (κ3) is 5.78. The number of nitrogens with one attached hydrogen (secondary N) is 2. The lowest BCUT2D eigenvalue weighted by Crippen LogP contribution is -2.28. The molecule has 1 aromatic rings. The van der Waals surface area contributed by atoms with E-state index in [9.17, 15) is 14.9 Å². The van der Waals surface area contributed by atoms with Crippen LogP contribution in [0.15, 0.2) is 18.2 Å². The van der Waals surface area contributed by atoms with Gasteiger partial charge >= 0.3 is 5.69 Å². The second-order valence-corrected chi connectivity index (χ2v) is 4.84. The van der Waals surface area contributed by atoms with Crippen molar-refractivity contribution in [3.63, 3.8) is 0 Å². The quantitative estimate of drug-likeness (QED) is 0.561. The van der Waals surface area contributed by atoms with Gasteiger partial charge in [-0.05, 0) is 18.6 Å². The summed E-state index contributed by atoms with van der Waals surface area (Å²) in [5.74, 6) is -0.211. The first-order valence-corrected chi connectivity index (χ1v) is 6.84. The molecule has 0 aliphatic carbocycles. The van der Waals surface area contributed by atoms with Crippen molar-refractivity contribution in [1.82, 2.24) is 10.6 Å². The summed E-state index contributed by atoms with van der Waals surface area (Å²) in [6.45, 7) is 6.57. The number of carbonyl (C=O) groups excluding carboxylic acids is 1. The fourth-order valence-corrected chi connectivity index (χ4v) is 1.65. The molecule has 7 nitrogen and oxygen atoms in total. The number of nitrogens with zero attached hydrogens (tertiary/aromatic N) is 1. The number of hydrogen-bond donors (Lipinski definition) is 2. The molecule has 0 heterocycles. The molecule has 1 amide bonds. The second kappa shape index (κ2) is 8.21. The zero-order chi connectivity index (χ0) is 15.8. The van der Waals surface area contributed by atoms with Crippen molar-refractivity contribution >= 4 is 11.6 Å². The first kappa shape index (κ1) is 16.9. The van der Waals surface area contributed by atoms with Crippen molar-refractivity contribution in [2.45, 2.75) is 33.4 Å². The van der Waals surface area contributed by atoms with E-state index in [1.165, 1.54) is 12.1 Å². The SMILES string of the molecule is CCNC(=O)COc1ccc(CNC(C)C)cc1[N+](=O)[O-]. The summed E-state index contributed by atoms with van der Waals surface area (Å²) in [6.07, 6.45) is 0. The van der Waals surface area contributed by atoms with Gasteiger partial charge in [-0.15, -0.1) is 0 Å². The zero-order valence-corrected chi connectivity index (χ0v) is 12.5. The Morgan fingerprint density at radius 2 is 2.14 bits per heavy atom. The van der Waals surface area contributed by atoms with Crippen LogP contribution in [0.25, 0.3) is 0 Å². The van der Waals surface area contributed by atoms with E-state index in [4.69, 9.17) is 4.74 Å². The Hall–Kier alpha value is -2.15. The molecule has 0 atom stereocenters. The van der Waals surface area contributed by atoms with Gasteiger partial charge in [-0.25, -0.2) is 0 Å². The highest BCUT2D eigenvalue weighted by atomic mass is 16.6. The number of carbonyl (C=O) groups is 1. The van der Waals surface area contributed by atoms with E-state index in [1.807, 2.05) is 13.8 Å². The first-order valence-electron chi connectivity index (χ1n) is 6.84. The highest BCUT2D eigenvalue weighted by Crippen LogP contribution is 2.27. The first-order chi connectivity index (χ1) is 9.93. The topological polar surface area (TPSA) is 93.5 Å². The van der Waals surface area contributed by atoms with E-state index in [-0.39, 0.29) is 30.0 Å². The maximum atomic E-state index is 11.3. The van der Waals surface area contributed by atoms with E-state index < -0.39 is 4.92 Å². The van der Waals surface area contributed by atoms with Crippen molar-refractivity contribution in [1.29, 1.82) is 0 Å². The molecular formula is C14H21N3O4. The summed E-state index contributed by atoms with van der Waals surface area (Å²) in [5.41, 5.74) is 0.656. The molecule has 2 N–H and O–H groups in total. The van der Waals surface area contributed by atoms with Crippen molar-refractivity contribution in [2.75, 3.05) is 13.2 Å². The van der Waals surface area contributed by atoms with E-state index in [0.29, 0.717) is 13.1 Å². The van der Waals surface area contributed by atoms with Gasteiger partial charge in [0.25, 0.3) is 5.91 Å². The Morgan fingerprint density at radius 1 is 1.43 bits per heavy atom. The summed E-state index contributed by atoms with van der Waals surface area (Å²) in [6, 6.07) is 5.02. The molecule has 0 saturated heterocycles. The van der Waals surface area contributed by atoms with E-state index in [1.54, 1.807) is 13.0 Å². The third-order valence-electron chi connectivity index (χ3n) is 2.67. The predicted molar refractivity (Wildman–Crippen MR) is 79.3 cm³/mol. The summed E-state index contributed by atoms with van der Waals surface area (Å²) >= 11 is 0. The lowest BCUT2D eigenvalue weighted by Gasteiger charge is -2.10. The summed E-state index contributed by atoms with van der Waals surface area (Å²) in [5, 5.41) is 16.8. The largest absolute Gasteiger partial charge is 0.477 e. The maximum absolute atomic E-state index is 11.3. The van der Waals surface area contributed by atoms with Gasteiger partial charge in [0.1, 0.15) is 0 Å². The van der Waals surface area contributed by atoms with Crippen LogP contribution < -0.4 is 15.4 Å². The number of ether oxygens (including phenoxy) is 1. The summed E-state index contributed by atoms with van der Waals surface area (Å²) in [7, 11) is 0. The molecule has 0 fully saturated rings. The smallest absolute Gasteiger partial charge is 0.311 e. The van der Waals surface area contributed by atoms with Crippen LogP contribution in [0.2, 0.25) is 0 Å². The standard InChI is InChI=1S/C14H21N3O4/c1-4-15-14(18)9-21-13-6-5-11(8-16-10(2)3)7-12(13)17(19)20/h5-7,10,16H,4,8-9H2,1-3H3,(H,15,18). The van der Waals surface area contributed by atoms with Gasteiger partial charge in [-0.1, -0.05) is 19.9 Å². The van der Waals surface area contributed by atoms with Crippen molar-refractivity contribution in [3.05, 3.63) is 33.9 Å². The highest BCUT2D eigenvalue weighted by Gasteiger charge is 2.17. The average Bonchev–Trinajstić information content (AvgIpc) is 2.43. The Labute approximate surface area is 123 Å². The van der Waals surface area contributed by atoms with Gasteiger partial charge in [0, 0.05) is 25.2 Å². The van der Waals surface area contributed by atoms with Crippen LogP contribution in [0, 0.1) is 10.1 Å². The van der Waals surface area contributed by atoms with Gasteiger partial charge in [-0.2, -0.15) is 0 Å².